The van der Waals surface area contributed by atoms with E-state index in [1.807, 2.05) is 0 Å². The first kappa shape index (κ1) is 12.7. The van der Waals surface area contributed by atoms with Gasteiger partial charge < -0.3 is 14.6 Å². The van der Waals surface area contributed by atoms with E-state index < -0.39 is 23.8 Å². The van der Waals surface area contributed by atoms with Gasteiger partial charge in [0, 0.05) is 6.92 Å². The van der Waals surface area contributed by atoms with E-state index >= 15 is 0 Å². The third kappa shape index (κ3) is 4.68. The number of aliphatic hydroxyl groups excluding tert-OH is 1. The molecule has 0 saturated heterocycles. The lowest BCUT2D eigenvalue weighted by Crippen LogP contribution is -2.34. The van der Waals surface area contributed by atoms with Crippen LogP contribution >= 0.6 is 0 Å². The van der Waals surface area contributed by atoms with Crippen molar-refractivity contribution in [3.63, 3.8) is 0 Å². The fourth-order valence-electron chi connectivity index (χ4n) is 0.717. The van der Waals surface area contributed by atoms with Gasteiger partial charge in [0.15, 0.2) is 5.78 Å². The van der Waals surface area contributed by atoms with E-state index in [-0.39, 0.29) is 13.2 Å². The Bertz CT molecular complexity index is 234. The largest absolute Gasteiger partial charge is 0.394 e. The topological polar surface area (TPSA) is 89.9 Å². The number of rotatable bonds is 5. The van der Waals surface area contributed by atoms with Gasteiger partial charge in [0.1, 0.15) is 0 Å². The van der Waals surface area contributed by atoms with Gasteiger partial charge >= 0.3 is 11.9 Å². The van der Waals surface area contributed by atoms with Crippen LogP contribution in [0.3, 0.4) is 0 Å². The first-order valence-corrected chi connectivity index (χ1v) is 3.94. The normalized spacial score (nSPS) is 11.9. The van der Waals surface area contributed by atoms with Gasteiger partial charge in [-0.2, -0.15) is 0 Å². The Morgan fingerprint density at radius 3 is 2.21 bits per heavy atom. The number of carbonyl (C=O) groups excluding carboxylic acids is 3. The standard InChI is InChI=1S/C8H12O6/c1-5(10)7(13-4-3-9)8(12)14-6(2)11/h7,9H,3-4H2,1-2H3. The van der Waals surface area contributed by atoms with Crippen LogP contribution in [0.1, 0.15) is 13.8 Å². The molecule has 0 bridgehead atoms. The van der Waals surface area contributed by atoms with Crippen molar-refractivity contribution in [2.45, 2.75) is 20.0 Å². The summed E-state index contributed by atoms with van der Waals surface area (Å²) in [6.07, 6.45) is -1.44. The summed E-state index contributed by atoms with van der Waals surface area (Å²) >= 11 is 0. The van der Waals surface area contributed by atoms with E-state index in [0.717, 1.165) is 13.8 Å². The average molecular weight is 204 g/mol. The summed E-state index contributed by atoms with van der Waals surface area (Å²) in [5.41, 5.74) is 0. The molecule has 0 saturated carbocycles. The Labute approximate surface area is 80.8 Å². The molecule has 0 aromatic rings. The van der Waals surface area contributed by atoms with Crippen LogP contribution in [0.2, 0.25) is 0 Å². The molecule has 6 heteroatoms. The lowest BCUT2D eigenvalue weighted by atomic mass is 10.2. The van der Waals surface area contributed by atoms with Gasteiger partial charge in [-0.25, -0.2) is 4.79 Å². The number of ether oxygens (including phenoxy) is 2. The lowest BCUT2D eigenvalue weighted by molar-refractivity contribution is -0.168. The molecule has 0 aliphatic heterocycles. The van der Waals surface area contributed by atoms with Crippen LogP contribution in [-0.4, -0.2) is 42.1 Å². The zero-order valence-corrected chi connectivity index (χ0v) is 7.98. The lowest BCUT2D eigenvalue weighted by Gasteiger charge is -2.11. The first-order valence-electron chi connectivity index (χ1n) is 3.94. The summed E-state index contributed by atoms with van der Waals surface area (Å²) in [7, 11) is 0. The van der Waals surface area contributed by atoms with Crippen molar-refractivity contribution in [3.8, 4) is 0 Å². The van der Waals surface area contributed by atoms with Crippen molar-refractivity contribution >= 4 is 17.7 Å². The Kier molecular flexibility index (Phi) is 5.66. The van der Waals surface area contributed by atoms with Crippen molar-refractivity contribution in [1.29, 1.82) is 0 Å². The Morgan fingerprint density at radius 1 is 1.29 bits per heavy atom. The highest BCUT2D eigenvalue weighted by molar-refractivity contribution is 6.03. The Balaban J connectivity index is 4.26. The van der Waals surface area contributed by atoms with Crippen LogP contribution in [0.25, 0.3) is 0 Å². The molecule has 0 amide bonds. The molecule has 80 valence electrons. The summed E-state index contributed by atoms with van der Waals surface area (Å²) in [5.74, 6) is -2.45. The number of carbonyl (C=O) groups is 3. The number of esters is 2. The van der Waals surface area contributed by atoms with Gasteiger partial charge in [0.05, 0.1) is 13.2 Å². The fraction of sp³-hybridized carbons (Fsp3) is 0.625. The molecular weight excluding hydrogens is 192 g/mol. The molecule has 0 aliphatic rings. The van der Waals surface area contributed by atoms with Crippen molar-refractivity contribution in [2.75, 3.05) is 13.2 Å². The van der Waals surface area contributed by atoms with Crippen LogP contribution in [-0.2, 0) is 23.9 Å². The summed E-state index contributed by atoms with van der Waals surface area (Å²) in [6.45, 7) is 1.68. The second-order valence-corrected chi connectivity index (χ2v) is 2.50. The number of hydrogen-bond acceptors (Lipinski definition) is 6. The zero-order chi connectivity index (χ0) is 11.1. The van der Waals surface area contributed by atoms with E-state index in [1.165, 1.54) is 0 Å². The van der Waals surface area contributed by atoms with Gasteiger partial charge in [-0.15, -0.1) is 0 Å². The molecule has 0 spiro atoms. The molecule has 14 heavy (non-hydrogen) atoms. The van der Waals surface area contributed by atoms with E-state index in [2.05, 4.69) is 9.47 Å². The average Bonchev–Trinajstić information content (AvgIpc) is 2.02. The van der Waals surface area contributed by atoms with Crippen molar-refractivity contribution in [3.05, 3.63) is 0 Å². The zero-order valence-electron chi connectivity index (χ0n) is 7.98. The number of aliphatic hydroxyl groups is 1. The van der Waals surface area contributed by atoms with Crippen LogP contribution in [0.15, 0.2) is 0 Å². The van der Waals surface area contributed by atoms with Crippen LogP contribution in [0.4, 0.5) is 0 Å². The highest BCUT2D eigenvalue weighted by Crippen LogP contribution is 1.98. The van der Waals surface area contributed by atoms with Crippen molar-refractivity contribution < 1.29 is 29.0 Å². The van der Waals surface area contributed by atoms with E-state index in [1.54, 1.807) is 0 Å². The maximum absolute atomic E-state index is 11.0. The maximum Gasteiger partial charge on any atom is 0.350 e. The SMILES string of the molecule is CC(=O)OC(=O)C(OCCO)C(C)=O. The third-order valence-corrected chi connectivity index (χ3v) is 1.20. The molecule has 1 atom stereocenters. The molecule has 0 radical (unpaired) electrons. The van der Waals surface area contributed by atoms with E-state index in [0.29, 0.717) is 0 Å². The number of Topliss-reactive ketones (excluding diaryl/α,β-unsaturated/α-hetero) is 1. The summed E-state index contributed by atoms with van der Waals surface area (Å²) < 4.78 is 8.85. The number of hydrogen-bond donors (Lipinski definition) is 1. The molecule has 0 heterocycles. The molecule has 6 nitrogen and oxygen atoms in total. The minimum atomic E-state index is -1.44. The van der Waals surface area contributed by atoms with E-state index in [4.69, 9.17) is 5.11 Å². The Hall–Kier alpha value is -1.27. The highest BCUT2D eigenvalue weighted by Gasteiger charge is 2.26. The molecule has 0 aliphatic carbocycles. The second-order valence-electron chi connectivity index (χ2n) is 2.50. The molecule has 1 unspecified atom stereocenters. The first-order chi connectivity index (χ1) is 6.49. The third-order valence-electron chi connectivity index (χ3n) is 1.20. The van der Waals surface area contributed by atoms with E-state index in [9.17, 15) is 14.4 Å². The Morgan fingerprint density at radius 2 is 1.86 bits per heavy atom. The number of ketones is 1. The predicted molar refractivity (Wildman–Crippen MR) is 44.3 cm³/mol. The van der Waals surface area contributed by atoms with Crippen LogP contribution in [0.5, 0.6) is 0 Å². The van der Waals surface area contributed by atoms with Gasteiger partial charge in [0.2, 0.25) is 6.10 Å². The summed E-state index contributed by atoms with van der Waals surface area (Å²) in [5, 5.41) is 8.41. The maximum atomic E-state index is 11.0. The monoisotopic (exact) mass is 204 g/mol. The second kappa shape index (κ2) is 6.22. The summed E-state index contributed by atoms with van der Waals surface area (Å²) in [6, 6.07) is 0. The molecule has 1 N–H and O–H groups in total. The van der Waals surface area contributed by atoms with Gasteiger partial charge in [0.25, 0.3) is 0 Å². The minimum absolute atomic E-state index is 0.169. The predicted octanol–water partition coefficient (Wildman–Crippen LogP) is -0.957. The van der Waals surface area contributed by atoms with Crippen LogP contribution < -0.4 is 0 Å². The molecule has 0 aromatic carbocycles. The van der Waals surface area contributed by atoms with Crippen molar-refractivity contribution in [2.24, 2.45) is 0 Å². The molecule has 0 fully saturated rings. The quantitative estimate of drug-likeness (QED) is 0.458. The smallest absolute Gasteiger partial charge is 0.350 e. The molecule has 0 rings (SSSR count). The van der Waals surface area contributed by atoms with Gasteiger partial charge in [-0.05, 0) is 6.92 Å². The summed E-state index contributed by atoms with van der Waals surface area (Å²) in [4.78, 5) is 32.3. The molecule has 0 aromatic heterocycles. The highest BCUT2D eigenvalue weighted by atomic mass is 16.6. The molecular formula is C8H12O6. The van der Waals surface area contributed by atoms with Crippen molar-refractivity contribution in [1.82, 2.24) is 0 Å². The van der Waals surface area contributed by atoms with Crippen LogP contribution in [0, 0.1) is 0 Å². The van der Waals surface area contributed by atoms with Gasteiger partial charge in [-0.1, -0.05) is 0 Å². The minimum Gasteiger partial charge on any atom is -0.394 e. The fourth-order valence-corrected chi connectivity index (χ4v) is 0.717. The van der Waals surface area contributed by atoms with Gasteiger partial charge in [-0.3, -0.25) is 9.59 Å².